The van der Waals surface area contributed by atoms with Gasteiger partial charge in [-0.3, -0.25) is 4.79 Å². The molecule has 0 bridgehead atoms. The number of alkyl halides is 3. The van der Waals surface area contributed by atoms with Crippen LogP contribution in [0.15, 0.2) is 48.7 Å². The third kappa shape index (κ3) is 4.10. The first-order chi connectivity index (χ1) is 15.2. The van der Waals surface area contributed by atoms with Gasteiger partial charge in [-0.25, -0.2) is 13.5 Å². The molecule has 0 radical (unpaired) electrons. The van der Waals surface area contributed by atoms with Crippen molar-refractivity contribution in [3.63, 3.8) is 0 Å². The highest BCUT2D eigenvalue weighted by Crippen LogP contribution is 2.44. The minimum atomic E-state index is -4.63. The molecule has 0 saturated carbocycles. The molecule has 1 amide bonds. The van der Waals surface area contributed by atoms with Gasteiger partial charge in [0.2, 0.25) is 0 Å². The number of carbonyl (C=O) groups is 1. The lowest BCUT2D eigenvalue weighted by molar-refractivity contribution is -0.173. The Hall–Kier alpha value is -3.63. The number of benzene rings is 2. The van der Waals surface area contributed by atoms with E-state index in [1.807, 2.05) is 0 Å². The van der Waals surface area contributed by atoms with Gasteiger partial charge >= 0.3 is 6.18 Å². The first-order valence-electron chi connectivity index (χ1n) is 9.48. The van der Waals surface area contributed by atoms with E-state index in [-0.39, 0.29) is 23.5 Å². The zero-order valence-electron chi connectivity index (χ0n) is 16.6. The maximum atomic E-state index is 13.9. The molecule has 4 rings (SSSR count). The van der Waals surface area contributed by atoms with Gasteiger partial charge in [0.15, 0.2) is 6.04 Å². The average molecular weight is 452 g/mol. The molecule has 0 spiro atoms. The monoisotopic (exact) mass is 452 g/mol. The lowest BCUT2D eigenvalue weighted by Crippen LogP contribution is -2.36. The van der Waals surface area contributed by atoms with Crippen LogP contribution in [0.5, 0.6) is 5.75 Å². The van der Waals surface area contributed by atoms with Gasteiger partial charge in [-0.2, -0.15) is 18.3 Å². The second-order valence-corrected chi connectivity index (χ2v) is 7.20. The predicted molar refractivity (Wildman–Crippen MR) is 106 cm³/mol. The molecule has 2 N–H and O–H groups in total. The van der Waals surface area contributed by atoms with Crippen molar-refractivity contribution in [1.29, 1.82) is 0 Å². The number of aromatic nitrogens is 2. The molecular weight excluding hydrogens is 435 g/mol. The highest BCUT2D eigenvalue weighted by atomic mass is 19.4. The molecule has 2 unspecified atom stereocenters. The summed E-state index contributed by atoms with van der Waals surface area (Å²) in [4.78, 5) is 12.7. The summed E-state index contributed by atoms with van der Waals surface area (Å²) >= 11 is 0. The van der Waals surface area contributed by atoms with Crippen molar-refractivity contribution in [3.8, 4) is 5.75 Å². The number of rotatable bonds is 4. The average Bonchev–Trinajstić information content (AvgIpc) is 3.18. The third-order valence-electron chi connectivity index (χ3n) is 5.16. The minimum Gasteiger partial charge on any atom is -0.497 e. The number of hydrogen-bond donors (Lipinski definition) is 2. The van der Waals surface area contributed by atoms with E-state index in [0.717, 1.165) is 18.3 Å². The predicted octanol–water partition coefficient (Wildman–Crippen LogP) is 5.08. The van der Waals surface area contributed by atoms with Crippen molar-refractivity contribution in [2.45, 2.75) is 24.7 Å². The summed E-state index contributed by atoms with van der Waals surface area (Å²) in [6, 6.07) is 6.32. The minimum absolute atomic E-state index is 0.161. The summed E-state index contributed by atoms with van der Waals surface area (Å²) in [5.74, 6) is -2.44. The van der Waals surface area contributed by atoms with E-state index < -0.39 is 35.8 Å². The topological polar surface area (TPSA) is 68.2 Å². The van der Waals surface area contributed by atoms with Gasteiger partial charge in [0, 0.05) is 12.5 Å². The number of fused-ring (bicyclic) bond motifs is 1. The first-order valence-corrected chi connectivity index (χ1v) is 9.48. The van der Waals surface area contributed by atoms with Gasteiger partial charge in [-0.05, 0) is 29.8 Å². The van der Waals surface area contributed by atoms with Gasteiger partial charge < -0.3 is 15.4 Å². The van der Waals surface area contributed by atoms with Crippen LogP contribution in [0.2, 0.25) is 0 Å². The van der Waals surface area contributed by atoms with Crippen LogP contribution < -0.4 is 15.4 Å². The van der Waals surface area contributed by atoms with E-state index >= 15 is 0 Å². The van der Waals surface area contributed by atoms with Crippen LogP contribution in [-0.4, -0.2) is 29.0 Å². The summed E-state index contributed by atoms with van der Waals surface area (Å²) in [6.45, 7) is 0. The van der Waals surface area contributed by atoms with Gasteiger partial charge in [-0.1, -0.05) is 12.1 Å². The van der Waals surface area contributed by atoms with Crippen LogP contribution in [0.4, 0.5) is 33.5 Å². The Balaban J connectivity index is 1.70. The van der Waals surface area contributed by atoms with Crippen molar-refractivity contribution in [2.24, 2.45) is 0 Å². The fraction of sp³-hybridized carbons (Fsp3) is 0.238. The molecule has 168 valence electrons. The first kappa shape index (κ1) is 21.6. The molecular formula is C21H17F5N4O2. The number of hydrogen-bond acceptors (Lipinski definition) is 4. The van der Waals surface area contributed by atoms with E-state index in [2.05, 4.69) is 15.7 Å². The molecule has 1 aliphatic heterocycles. The largest absolute Gasteiger partial charge is 0.497 e. The third-order valence-corrected chi connectivity index (χ3v) is 5.16. The molecule has 0 aliphatic carbocycles. The van der Waals surface area contributed by atoms with Crippen molar-refractivity contribution < 1.29 is 31.5 Å². The summed E-state index contributed by atoms with van der Waals surface area (Å²) in [5.41, 5.74) is 0.00133. The summed E-state index contributed by atoms with van der Waals surface area (Å²) in [6.07, 6.45) is -4.01. The molecule has 0 fully saturated rings. The Bertz CT molecular complexity index is 1160. The smallest absolute Gasteiger partial charge is 0.410 e. The highest BCUT2D eigenvalue weighted by Gasteiger charge is 2.47. The molecule has 2 heterocycles. The van der Waals surface area contributed by atoms with Crippen LogP contribution >= 0.6 is 0 Å². The maximum absolute atomic E-state index is 13.9. The number of carbonyl (C=O) groups excluding carboxylic acids is 1. The second kappa shape index (κ2) is 8.13. The Morgan fingerprint density at radius 1 is 1.22 bits per heavy atom. The van der Waals surface area contributed by atoms with Crippen LogP contribution in [0.1, 0.15) is 34.4 Å². The molecule has 3 aromatic rings. The van der Waals surface area contributed by atoms with E-state index in [1.165, 1.54) is 7.11 Å². The number of amides is 1. The number of anilines is 2. The quantitative estimate of drug-likeness (QED) is 0.542. The van der Waals surface area contributed by atoms with Crippen LogP contribution in [0.25, 0.3) is 0 Å². The molecule has 2 atom stereocenters. The van der Waals surface area contributed by atoms with E-state index in [4.69, 9.17) is 4.74 Å². The van der Waals surface area contributed by atoms with E-state index in [9.17, 15) is 26.7 Å². The molecule has 0 saturated heterocycles. The molecule has 1 aliphatic rings. The number of ether oxygens (including phenoxy) is 1. The fourth-order valence-corrected chi connectivity index (χ4v) is 3.59. The van der Waals surface area contributed by atoms with Crippen LogP contribution in [-0.2, 0) is 0 Å². The van der Waals surface area contributed by atoms with Gasteiger partial charge in [-0.15, -0.1) is 0 Å². The zero-order valence-corrected chi connectivity index (χ0v) is 16.6. The molecule has 2 aromatic carbocycles. The zero-order chi connectivity index (χ0) is 23.0. The SMILES string of the molecule is COc1cccc(C2CC(C(F)(F)F)n3ncc(C(=O)Nc4ccc(F)cc4F)c3N2)c1. The summed E-state index contributed by atoms with van der Waals surface area (Å²) in [5, 5.41) is 8.94. The Kier molecular flexibility index (Phi) is 5.49. The molecule has 6 nitrogen and oxygen atoms in total. The lowest BCUT2D eigenvalue weighted by atomic mass is 9.96. The van der Waals surface area contributed by atoms with Crippen molar-refractivity contribution in [1.82, 2.24) is 9.78 Å². The number of halogens is 5. The lowest BCUT2D eigenvalue weighted by Gasteiger charge is -2.34. The Labute approximate surface area is 179 Å². The van der Waals surface area contributed by atoms with E-state index in [1.54, 1.807) is 24.3 Å². The second-order valence-electron chi connectivity index (χ2n) is 7.20. The number of nitrogens with one attached hydrogen (secondary N) is 2. The van der Waals surface area contributed by atoms with Gasteiger partial charge in [0.25, 0.3) is 5.91 Å². The normalized spacial score (nSPS) is 17.9. The van der Waals surface area contributed by atoms with Crippen molar-refractivity contribution in [2.75, 3.05) is 17.7 Å². The highest BCUT2D eigenvalue weighted by molar-refractivity contribution is 6.07. The van der Waals surface area contributed by atoms with E-state index in [0.29, 0.717) is 22.1 Å². The summed E-state index contributed by atoms with van der Waals surface area (Å²) < 4.78 is 74.3. The Morgan fingerprint density at radius 3 is 2.69 bits per heavy atom. The fourth-order valence-electron chi connectivity index (χ4n) is 3.59. The van der Waals surface area contributed by atoms with Crippen LogP contribution in [0.3, 0.4) is 0 Å². The van der Waals surface area contributed by atoms with Crippen molar-refractivity contribution >= 4 is 17.4 Å². The Morgan fingerprint density at radius 2 is 2.00 bits per heavy atom. The van der Waals surface area contributed by atoms with Crippen LogP contribution in [0, 0.1) is 11.6 Å². The van der Waals surface area contributed by atoms with Gasteiger partial charge in [0.1, 0.15) is 28.8 Å². The van der Waals surface area contributed by atoms with Gasteiger partial charge in [0.05, 0.1) is 25.0 Å². The molecule has 11 heteroatoms. The standard InChI is InChI=1S/C21H17F5N4O2/c1-32-13-4-2-3-11(7-13)17-9-18(21(24,25)26)30-19(28-17)14(10-27-30)20(31)29-16-6-5-12(22)8-15(16)23/h2-8,10,17-18,28H,9H2,1H3,(H,29,31). The molecule has 1 aromatic heterocycles. The summed E-state index contributed by atoms with van der Waals surface area (Å²) in [7, 11) is 1.44. The number of nitrogens with zero attached hydrogens (tertiary/aromatic N) is 2. The number of methoxy groups -OCH3 is 1. The maximum Gasteiger partial charge on any atom is 0.410 e. The molecule has 32 heavy (non-hydrogen) atoms. The van der Waals surface area contributed by atoms with Crippen molar-refractivity contribution in [3.05, 3.63) is 71.4 Å².